The second-order valence-corrected chi connectivity index (χ2v) is 4.61. The van der Waals surface area contributed by atoms with Gasteiger partial charge in [0, 0.05) is 24.8 Å². The zero-order valence-corrected chi connectivity index (χ0v) is 12.9. The van der Waals surface area contributed by atoms with Crippen LogP contribution in [0.3, 0.4) is 0 Å². The normalized spacial score (nSPS) is 10.3. The van der Waals surface area contributed by atoms with E-state index in [-0.39, 0.29) is 11.8 Å². The number of amides is 2. The number of carbonyl (C=O) groups excluding carboxylic acids is 2. The Morgan fingerprint density at radius 1 is 1.13 bits per heavy atom. The molecule has 0 fully saturated rings. The number of rotatable bonds is 5. The highest BCUT2D eigenvalue weighted by atomic mass is 16.5. The van der Waals surface area contributed by atoms with Crippen molar-refractivity contribution >= 4 is 23.6 Å². The Hall–Kier alpha value is -3.15. The van der Waals surface area contributed by atoms with E-state index in [4.69, 9.17) is 4.74 Å². The van der Waals surface area contributed by atoms with Gasteiger partial charge in [-0.05, 0) is 29.8 Å². The predicted octanol–water partition coefficient (Wildman–Crippen LogP) is 2.10. The molecule has 23 heavy (non-hydrogen) atoms. The van der Waals surface area contributed by atoms with Crippen LogP contribution in [-0.4, -0.2) is 31.0 Å². The molecule has 0 aliphatic heterocycles. The van der Waals surface area contributed by atoms with Crippen LogP contribution < -0.4 is 15.4 Å². The van der Waals surface area contributed by atoms with E-state index in [1.165, 1.54) is 19.4 Å². The number of hydrogen-bond acceptors (Lipinski definition) is 4. The minimum Gasteiger partial charge on any atom is -0.481 e. The van der Waals surface area contributed by atoms with Gasteiger partial charge in [-0.25, -0.2) is 4.98 Å². The summed E-state index contributed by atoms with van der Waals surface area (Å²) in [7, 11) is 3.10. The number of carbonyl (C=O) groups is 2. The number of hydrogen-bond donors (Lipinski definition) is 2. The first-order valence-corrected chi connectivity index (χ1v) is 6.93. The molecule has 6 nitrogen and oxygen atoms in total. The molecule has 0 aliphatic carbocycles. The standard InChI is InChI=1S/C17H17N3O3/c1-18-17(22)13-6-3-12(4-7-13)5-9-15(21)20-14-8-10-16(23-2)19-11-14/h3-11H,1-2H3,(H,18,22)(H,20,21)/b9-5+. The fourth-order valence-electron chi connectivity index (χ4n) is 1.82. The van der Waals surface area contributed by atoms with Crippen molar-refractivity contribution in [2.45, 2.75) is 0 Å². The lowest BCUT2D eigenvalue weighted by molar-refractivity contribution is -0.111. The van der Waals surface area contributed by atoms with Gasteiger partial charge < -0.3 is 15.4 Å². The lowest BCUT2D eigenvalue weighted by atomic mass is 10.1. The smallest absolute Gasteiger partial charge is 0.251 e. The lowest BCUT2D eigenvalue weighted by Gasteiger charge is -2.03. The average molecular weight is 311 g/mol. The van der Waals surface area contributed by atoms with E-state index in [0.29, 0.717) is 17.1 Å². The number of methoxy groups -OCH3 is 1. The third-order valence-electron chi connectivity index (χ3n) is 3.04. The van der Waals surface area contributed by atoms with E-state index in [9.17, 15) is 9.59 Å². The Bertz CT molecular complexity index is 707. The van der Waals surface area contributed by atoms with Crippen molar-refractivity contribution in [2.75, 3.05) is 19.5 Å². The Morgan fingerprint density at radius 3 is 2.43 bits per heavy atom. The quantitative estimate of drug-likeness (QED) is 0.829. The topological polar surface area (TPSA) is 80.3 Å². The van der Waals surface area contributed by atoms with Crippen molar-refractivity contribution in [1.82, 2.24) is 10.3 Å². The maximum Gasteiger partial charge on any atom is 0.251 e. The molecular formula is C17H17N3O3. The fraction of sp³-hybridized carbons (Fsp3) is 0.118. The molecule has 1 heterocycles. The highest BCUT2D eigenvalue weighted by Crippen LogP contribution is 2.11. The van der Waals surface area contributed by atoms with Crippen LogP contribution in [0.2, 0.25) is 0 Å². The van der Waals surface area contributed by atoms with Crippen molar-refractivity contribution in [3.05, 3.63) is 59.8 Å². The molecule has 0 radical (unpaired) electrons. The molecule has 0 spiro atoms. The van der Waals surface area contributed by atoms with Crippen LogP contribution in [0, 0.1) is 0 Å². The molecule has 0 aliphatic rings. The van der Waals surface area contributed by atoms with E-state index in [0.717, 1.165) is 5.56 Å². The SMILES string of the molecule is CNC(=O)c1ccc(/C=C/C(=O)Nc2ccc(OC)nc2)cc1. The summed E-state index contributed by atoms with van der Waals surface area (Å²) in [6.45, 7) is 0. The largest absolute Gasteiger partial charge is 0.481 e. The maximum atomic E-state index is 11.8. The number of benzene rings is 1. The molecule has 1 aromatic heterocycles. The summed E-state index contributed by atoms with van der Waals surface area (Å²) in [6, 6.07) is 10.3. The zero-order chi connectivity index (χ0) is 16.7. The Labute approximate surface area is 134 Å². The van der Waals surface area contributed by atoms with E-state index in [1.807, 2.05) is 0 Å². The van der Waals surface area contributed by atoms with Crippen LogP contribution in [0.1, 0.15) is 15.9 Å². The summed E-state index contributed by atoms with van der Waals surface area (Å²) >= 11 is 0. The maximum absolute atomic E-state index is 11.8. The molecule has 2 amide bonds. The number of aromatic nitrogens is 1. The summed E-state index contributed by atoms with van der Waals surface area (Å²) in [4.78, 5) is 27.3. The second kappa shape index (κ2) is 7.74. The minimum atomic E-state index is -0.271. The van der Waals surface area contributed by atoms with Gasteiger partial charge in [-0.3, -0.25) is 9.59 Å². The summed E-state index contributed by atoms with van der Waals surface area (Å²) in [5, 5.41) is 5.24. The molecule has 2 N–H and O–H groups in total. The molecule has 0 saturated carbocycles. The lowest BCUT2D eigenvalue weighted by Crippen LogP contribution is -2.17. The van der Waals surface area contributed by atoms with Gasteiger partial charge in [0.05, 0.1) is 19.0 Å². The van der Waals surface area contributed by atoms with E-state index in [1.54, 1.807) is 49.5 Å². The Balaban J connectivity index is 1.96. The van der Waals surface area contributed by atoms with Gasteiger partial charge in [0.2, 0.25) is 11.8 Å². The molecule has 118 valence electrons. The van der Waals surface area contributed by atoms with Gasteiger partial charge in [-0.1, -0.05) is 12.1 Å². The second-order valence-electron chi connectivity index (χ2n) is 4.61. The predicted molar refractivity (Wildman–Crippen MR) is 88.3 cm³/mol. The Morgan fingerprint density at radius 2 is 1.87 bits per heavy atom. The van der Waals surface area contributed by atoms with Crippen molar-refractivity contribution in [2.24, 2.45) is 0 Å². The van der Waals surface area contributed by atoms with Crippen molar-refractivity contribution in [3.8, 4) is 5.88 Å². The first kappa shape index (κ1) is 16.2. The van der Waals surface area contributed by atoms with Gasteiger partial charge in [0.15, 0.2) is 0 Å². The first-order chi connectivity index (χ1) is 11.1. The molecular weight excluding hydrogens is 294 g/mol. The molecule has 6 heteroatoms. The highest BCUT2D eigenvalue weighted by molar-refractivity contribution is 6.02. The summed E-state index contributed by atoms with van der Waals surface area (Å²) in [5.74, 6) is 0.0624. The zero-order valence-electron chi connectivity index (χ0n) is 12.9. The fourth-order valence-corrected chi connectivity index (χ4v) is 1.82. The van der Waals surface area contributed by atoms with Crippen molar-refractivity contribution in [1.29, 1.82) is 0 Å². The van der Waals surface area contributed by atoms with E-state index < -0.39 is 0 Å². The summed E-state index contributed by atoms with van der Waals surface area (Å²) < 4.78 is 4.95. The van der Waals surface area contributed by atoms with E-state index in [2.05, 4.69) is 15.6 Å². The minimum absolute atomic E-state index is 0.148. The van der Waals surface area contributed by atoms with Crippen molar-refractivity contribution < 1.29 is 14.3 Å². The van der Waals surface area contributed by atoms with Crippen LogP contribution >= 0.6 is 0 Å². The van der Waals surface area contributed by atoms with Crippen LogP contribution in [-0.2, 0) is 4.79 Å². The molecule has 0 bridgehead atoms. The molecule has 1 aromatic carbocycles. The van der Waals surface area contributed by atoms with Gasteiger partial charge >= 0.3 is 0 Å². The van der Waals surface area contributed by atoms with Crippen LogP contribution in [0.5, 0.6) is 5.88 Å². The van der Waals surface area contributed by atoms with Gasteiger partial charge in [-0.2, -0.15) is 0 Å². The number of nitrogens with one attached hydrogen (secondary N) is 2. The number of ether oxygens (including phenoxy) is 1. The van der Waals surface area contributed by atoms with Gasteiger partial charge in [0.1, 0.15) is 0 Å². The third-order valence-corrected chi connectivity index (χ3v) is 3.04. The molecule has 0 unspecified atom stereocenters. The molecule has 2 rings (SSSR count). The van der Waals surface area contributed by atoms with Crippen molar-refractivity contribution in [3.63, 3.8) is 0 Å². The van der Waals surface area contributed by atoms with E-state index >= 15 is 0 Å². The summed E-state index contributed by atoms with van der Waals surface area (Å²) in [6.07, 6.45) is 4.60. The molecule has 2 aromatic rings. The first-order valence-electron chi connectivity index (χ1n) is 6.93. The number of anilines is 1. The highest BCUT2D eigenvalue weighted by Gasteiger charge is 2.02. The molecule has 0 saturated heterocycles. The average Bonchev–Trinajstić information content (AvgIpc) is 2.60. The Kier molecular flexibility index (Phi) is 5.46. The summed E-state index contributed by atoms with van der Waals surface area (Å²) in [5.41, 5.74) is 1.97. The number of nitrogens with zero attached hydrogens (tertiary/aromatic N) is 1. The van der Waals surface area contributed by atoms with Gasteiger partial charge in [-0.15, -0.1) is 0 Å². The van der Waals surface area contributed by atoms with Crippen LogP contribution in [0.4, 0.5) is 5.69 Å². The van der Waals surface area contributed by atoms with Gasteiger partial charge in [0.25, 0.3) is 5.91 Å². The number of pyridine rings is 1. The third kappa shape index (κ3) is 4.67. The molecule has 0 atom stereocenters. The van der Waals surface area contributed by atoms with Crippen LogP contribution in [0.25, 0.3) is 6.08 Å². The van der Waals surface area contributed by atoms with Crippen LogP contribution in [0.15, 0.2) is 48.7 Å². The monoisotopic (exact) mass is 311 g/mol.